The van der Waals surface area contributed by atoms with Crippen LogP contribution in [0.15, 0.2) is 47.6 Å². The number of nitrogens with one attached hydrogen (secondary N) is 2. The second-order valence-corrected chi connectivity index (χ2v) is 7.44. The van der Waals surface area contributed by atoms with Crippen LogP contribution in [0.1, 0.15) is 17.5 Å². The van der Waals surface area contributed by atoms with Crippen molar-refractivity contribution >= 4 is 45.4 Å². The molecule has 0 bridgehead atoms. The summed E-state index contributed by atoms with van der Waals surface area (Å²) in [5.41, 5.74) is 5.49. The Hall–Kier alpha value is -2.93. The van der Waals surface area contributed by atoms with Gasteiger partial charge in [0.25, 0.3) is 0 Å². The van der Waals surface area contributed by atoms with E-state index in [4.69, 9.17) is 0 Å². The van der Waals surface area contributed by atoms with Gasteiger partial charge in [-0.05, 0) is 31.0 Å². The molecule has 0 aliphatic rings. The molecule has 6 nitrogen and oxygen atoms in total. The number of hydrogen-bond donors (Lipinski definition) is 2. The number of aryl methyl sites for hydroxylation is 2. The Kier molecular flexibility index (Phi) is 4.77. The van der Waals surface area contributed by atoms with Gasteiger partial charge in [-0.25, -0.2) is 4.98 Å². The molecule has 7 heteroatoms. The summed E-state index contributed by atoms with van der Waals surface area (Å²) in [4.78, 5) is 20.0. The van der Waals surface area contributed by atoms with Gasteiger partial charge in [-0.15, -0.1) is 10.2 Å². The quantitative estimate of drug-likeness (QED) is 0.508. The molecule has 0 aliphatic carbocycles. The number of H-pyrrole nitrogens is 1. The van der Waals surface area contributed by atoms with Gasteiger partial charge in [0, 0.05) is 28.8 Å². The standard InChI is InChI=1S/C20H19N5OS/c1-12-6-5-7-13(2)17(12)22-16(26)10-11-27-20-23-19-18(24-25-20)14-8-3-4-9-15(14)21-19/h3-9H,10-11H2,1-2H3,(H,22,26)(H,21,23,25). The maximum Gasteiger partial charge on any atom is 0.225 e. The number of fused-ring (bicyclic) bond motifs is 3. The third-order valence-corrected chi connectivity index (χ3v) is 5.25. The van der Waals surface area contributed by atoms with Crippen molar-refractivity contribution in [1.82, 2.24) is 20.2 Å². The van der Waals surface area contributed by atoms with E-state index in [1.54, 1.807) is 0 Å². The van der Waals surface area contributed by atoms with Gasteiger partial charge < -0.3 is 10.3 Å². The van der Waals surface area contributed by atoms with Crippen LogP contribution < -0.4 is 5.32 Å². The molecule has 136 valence electrons. The minimum atomic E-state index is -0.0143. The third kappa shape index (κ3) is 3.64. The summed E-state index contributed by atoms with van der Waals surface area (Å²) in [6.07, 6.45) is 0.381. The summed E-state index contributed by atoms with van der Waals surface area (Å²) < 4.78 is 0. The second-order valence-electron chi connectivity index (χ2n) is 6.38. The number of para-hydroxylation sites is 2. The van der Waals surface area contributed by atoms with Gasteiger partial charge in [-0.3, -0.25) is 4.79 Å². The minimum absolute atomic E-state index is 0.0143. The number of benzene rings is 2. The van der Waals surface area contributed by atoms with E-state index < -0.39 is 0 Å². The topological polar surface area (TPSA) is 83.6 Å². The molecular weight excluding hydrogens is 358 g/mol. The van der Waals surface area contributed by atoms with Gasteiger partial charge in [0.05, 0.1) is 0 Å². The number of aromatic nitrogens is 4. The zero-order valence-corrected chi connectivity index (χ0v) is 15.9. The van der Waals surface area contributed by atoms with Crippen LogP contribution in [-0.2, 0) is 4.79 Å². The van der Waals surface area contributed by atoms with Crippen molar-refractivity contribution in [2.24, 2.45) is 0 Å². The summed E-state index contributed by atoms with van der Waals surface area (Å²) in [6, 6.07) is 13.9. The minimum Gasteiger partial charge on any atom is -0.338 e. The Morgan fingerprint density at radius 1 is 1.07 bits per heavy atom. The van der Waals surface area contributed by atoms with Crippen LogP contribution in [0.4, 0.5) is 5.69 Å². The lowest BCUT2D eigenvalue weighted by Gasteiger charge is -2.11. The fourth-order valence-corrected chi connectivity index (χ4v) is 3.74. The number of rotatable bonds is 5. The molecule has 0 spiro atoms. The molecule has 0 radical (unpaired) electrons. The molecule has 2 aromatic heterocycles. The molecule has 2 N–H and O–H groups in total. The smallest absolute Gasteiger partial charge is 0.225 e. The number of nitrogens with zero attached hydrogens (tertiary/aromatic N) is 3. The molecular formula is C20H19N5OS. The van der Waals surface area contributed by atoms with E-state index in [9.17, 15) is 4.79 Å². The highest BCUT2D eigenvalue weighted by atomic mass is 32.2. The first-order valence-electron chi connectivity index (χ1n) is 8.72. The molecule has 0 atom stereocenters. The molecule has 0 unspecified atom stereocenters. The lowest BCUT2D eigenvalue weighted by Crippen LogP contribution is -2.14. The van der Waals surface area contributed by atoms with Crippen LogP contribution in [0.5, 0.6) is 0 Å². The number of thioether (sulfide) groups is 1. The first-order valence-corrected chi connectivity index (χ1v) is 9.70. The summed E-state index contributed by atoms with van der Waals surface area (Å²) in [5.74, 6) is 0.573. The highest BCUT2D eigenvalue weighted by Crippen LogP contribution is 2.24. The average molecular weight is 377 g/mol. The number of hydrogen-bond acceptors (Lipinski definition) is 5. The van der Waals surface area contributed by atoms with Gasteiger partial charge in [-0.2, -0.15) is 0 Å². The van der Waals surface area contributed by atoms with Crippen molar-refractivity contribution in [2.75, 3.05) is 11.1 Å². The Bertz CT molecular complexity index is 1120. The zero-order chi connectivity index (χ0) is 18.8. The average Bonchev–Trinajstić information content (AvgIpc) is 3.02. The van der Waals surface area contributed by atoms with Crippen molar-refractivity contribution < 1.29 is 4.79 Å². The third-order valence-electron chi connectivity index (χ3n) is 4.41. The first kappa shape index (κ1) is 17.5. The van der Waals surface area contributed by atoms with Crippen molar-refractivity contribution in [3.8, 4) is 0 Å². The summed E-state index contributed by atoms with van der Waals surface area (Å²) in [5, 5.41) is 13.1. The predicted molar refractivity (Wildman–Crippen MR) is 109 cm³/mol. The molecule has 0 saturated carbocycles. The maximum absolute atomic E-state index is 12.2. The number of aromatic amines is 1. The van der Waals surface area contributed by atoms with E-state index in [1.807, 2.05) is 56.3 Å². The Morgan fingerprint density at radius 3 is 2.67 bits per heavy atom. The van der Waals surface area contributed by atoms with E-state index in [0.717, 1.165) is 33.2 Å². The lowest BCUT2D eigenvalue weighted by atomic mass is 10.1. The van der Waals surface area contributed by atoms with Crippen LogP contribution in [0.3, 0.4) is 0 Å². The lowest BCUT2D eigenvalue weighted by molar-refractivity contribution is -0.115. The largest absolute Gasteiger partial charge is 0.338 e. The first-order chi connectivity index (χ1) is 13.1. The Balaban J connectivity index is 1.40. The fraction of sp³-hybridized carbons (Fsp3) is 0.200. The molecule has 27 heavy (non-hydrogen) atoms. The van der Waals surface area contributed by atoms with Crippen LogP contribution in [0.25, 0.3) is 22.1 Å². The summed E-state index contributed by atoms with van der Waals surface area (Å²) in [6.45, 7) is 3.98. The van der Waals surface area contributed by atoms with E-state index in [2.05, 4.69) is 25.5 Å². The molecule has 4 aromatic rings. The maximum atomic E-state index is 12.2. The molecule has 2 heterocycles. The highest BCUT2D eigenvalue weighted by Gasteiger charge is 2.11. The van der Waals surface area contributed by atoms with E-state index in [0.29, 0.717) is 23.0 Å². The number of carbonyl (C=O) groups excluding carboxylic acids is 1. The van der Waals surface area contributed by atoms with Crippen molar-refractivity contribution in [2.45, 2.75) is 25.4 Å². The molecule has 1 amide bonds. The van der Waals surface area contributed by atoms with E-state index >= 15 is 0 Å². The van der Waals surface area contributed by atoms with Gasteiger partial charge >= 0.3 is 0 Å². The van der Waals surface area contributed by atoms with Crippen LogP contribution in [0.2, 0.25) is 0 Å². The van der Waals surface area contributed by atoms with Gasteiger partial charge in [-0.1, -0.05) is 48.2 Å². The van der Waals surface area contributed by atoms with Gasteiger partial charge in [0.1, 0.15) is 5.52 Å². The molecule has 2 aromatic carbocycles. The summed E-state index contributed by atoms with van der Waals surface area (Å²) in [7, 11) is 0. The number of carbonyl (C=O) groups is 1. The zero-order valence-electron chi connectivity index (χ0n) is 15.1. The molecule has 0 aliphatic heterocycles. The van der Waals surface area contributed by atoms with E-state index in [1.165, 1.54) is 11.8 Å². The predicted octanol–water partition coefficient (Wildman–Crippen LogP) is 4.24. The number of anilines is 1. The normalized spacial score (nSPS) is 11.2. The molecule has 4 rings (SSSR count). The van der Waals surface area contributed by atoms with Crippen LogP contribution in [-0.4, -0.2) is 31.8 Å². The van der Waals surface area contributed by atoms with Crippen molar-refractivity contribution in [3.63, 3.8) is 0 Å². The Labute approximate surface area is 160 Å². The highest BCUT2D eigenvalue weighted by molar-refractivity contribution is 7.99. The monoisotopic (exact) mass is 377 g/mol. The van der Waals surface area contributed by atoms with E-state index in [-0.39, 0.29) is 5.91 Å². The van der Waals surface area contributed by atoms with Gasteiger partial charge in [0.15, 0.2) is 5.65 Å². The Morgan fingerprint density at radius 2 is 1.85 bits per heavy atom. The summed E-state index contributed by atoms with van der Waals surface area (Å²) >= 11 is 1.43. The number of amides is 1. The van der Waals surface area contributed by atoms with Gasteiger partial charge in [0.2, 0.25) is 11.1 Å². The fourth-order valence-electron chi connectivity index (χ4n) is 3.02. The van der Waals surface area contributed by atoms with Crippen molar-refractivity contribution in [1.29, 1.82) is 0 Å². The van der Waals surface area contributed by atoms with Crippen LogP contribution in [0, 0.1) is 13.8 Å². The molecule has 0 saturated heterocycles. The van der Waals surface area contributed by atoms with Crippen molar-refractivity contribution in [3.05, 3.63) is 53.6 Å². The second kappa shape index (κ2) is 7.36. The van der Waals surface area contributed by atoms with Crippen LogP contribution >= 0.6 is 11.8 Å². The molecule has 0 fully saturated rings. The SMILES string of the molecule is Cc1cccc(C)c1NC(=O)CCSc1nnc2c(n1)[nH]c1ccccc12.